The topological polar surface area (TPSA) is 121 Å². The minimum Gasteiger partial charge on any atom is -0.355 e. The van der Waals surface area contributed by atoms with Crippen LogP contribution in [0.1, 0.15) is 39.3 Å². The van der Waals surface area contributed by atoms with Gasteiger partial charge in [0.05, 0.1) is 22.2 Å². The van der Waals surface area contributed by atoms with Gasteiger partial charge in [-0.3, -0.25) is 9.48 Å². The summed E-state index contributed by atoms with van der Waals surface area (Å²) in [7, 11) is 1.19. The molecule has 3 heterocycles. The maximum atomic E-state index is 13.9. The number of alkyl halides is 5. The molecule has 1 fully saturated rings. The summed E-state index contributed by atoms with van der Waals surface area (Å²) in [5, 5.41) is 28.2. The summed E-state index contributed by atoms with van der Waals surface area (Å²) in [6, 6.07) is 6.54. The van der Waals surface area contributed by atoms with E-state index in [1.54, 1.807) is 0 Å². The van der Waals surface area contributed by atoms with Gasteiger partial charge < -0.3 is 9.84 Å². The predicted octanol–water partition coefficient (Wildman–Crippen LogP) is 4.42. The Morgan fingerprint density at radius 3 is 2.50 bits per heavy atom. The number of hydrogen-bond acceptors (Lipinski definition) is 7. The van der Waals surface area contributed by atoms with Crippen LogP contribution in [0.5, 0.6) is 0 Å². The van der Waals surface area contributed by atoms with Crippen molar-refractivity contribution in [2.45, 2.75) is 37.4 Å². The van der Waals surface area contributed by atoms with Gasteiger partial charge in [0, 0.05) is 18.7 Å². The Bertz CT molecular complexity index is 1380. The first-order valence-corrected chi connectivity index (χ1v) is 10.4. The van der Waals surface area contributed by atoms with Crippen LogP contribution in [0.3, 0.4) is 0 Å². The highest BCUT2D eigenvalue weighted by Crippen LogP contribution is 2.46. The Labute approximate surface area is 192 Å². The third-order valence-corrected chi connectivity index (χ3v) is 6.38. The molecule has 0 bridgehead atoms. The fourth-order valence-corrected chi connectivity index (χ4v) is 4.26. The van der Waals surface area contributed by atoms with Crippen molar-refractivity contribution in [1.29, 1.82) is 10.5 Å². The first-order chi connectivity index (χ1) is 15.8. The smallest absolute Gasteiger partial charge is 0.355 e. The van der Waals surface area contributed by atoms with E-state index < -0.39 is 34.8 Å². The number of halogens is 5. The Morgan fingerprint density at radius 2 is 1.94 bits per heavy atom. The monoisotopic (exact) mass is 496 g/mol. The number of carbonyl (C=O) groups is 1. The molecule has 176 valence electrons. The van der Waals surface area contributed by atoms with Gasteiger partial charge in [0.15, 0.2) is 5.76 Å². The van der Waals surface area contributed by atoms with Crippen LogP contribution in [0, 0.1) is 29.6 Å². The van der Waals surface area contributed by atoms with E-state index in [9.17, 15) is 32.0 Å². The molecular weight excluding hydrogens is 483 g/mol. The van der Waals surface area contributed by atoms with E-state index in [2.05, 4.69) is 15.6 Å². The average molecular weight is 496 g/mol. The highest BCUT2D eigenvalue weighted by Gasteiger charge is 2.61. The average Bonchev–Trinajstić information content (AvgIpc) is 3.09. The zero-order valence-electron chi connectivity index (χ0n) is 17.4. The molecular formula is C20H13F5N6O2S. The van der Waals surface area contributed by atoms with Crippen LogP contribution in [-0.2, 0) is 13.0 Å². The summed E-state index contributed by atoms with van der Waals surface area (Å²) in [6.07, 6.45) is -4.83. The highest BCUT2D eigenvalue weighted by atomic mass is 32.1. The van der Waals surface area contributed by atoms with Crippen LogP contribution in [0.15, 0.2) is 16.7 Å². The molecule has 4 rings (SSSR count). The largest absolute Gasteiger partial charge is 0.459 e. The van der Waals surface area contributed by atoms with Crippen molar-refractivity contribution < 1.29 is 31.3 Å². The van der Waals surface area contributed by atoms with Gasteiger partial charge in [0.25, 0.3) is 5.91 Å². The van der Waals surface area contributed by atoms with Gasteiger partial charge >= 0.3 is 12.1 Å². The Kier molecular flexibility index (Phi) is 5.25. The zero-order chi connectivity index (χ0) is 25.1. The van der Waals surface area contributed by atoms with Gasteiger partial charge in [-0.1, -0.05) is 5.16 Å². The quantitative estimate of drug-likeness (QED) is 0.522. The standard InChI is InChI=1S/C20H13F5N6O2S/c1-9-15(31(2)29-16(9)19(21,22)20(23,24)25)11-6-12(33-30-11)13-5-10(14(7-26)34-13)17(32)28-18(8-27)3-4-18/h5-6H,3-4H2,1-2H3,(H,28,32). The van der Waals surface area contributed by atoms with E-state index in [0.717, 1.165) is 22.9 Å². The van der Waals surface area contributed by atoms with Gasteiger partial charge in [-0.25, -0.2) is 0 Å². The maximum Gasteiger partial charge on any atom is 0.459 e. The van der Waals surface area contributed by atoms with Gasteiger partial charge in [0.2, 0.25) is 0 Å². The second-order valence-corrected chi connectivity index (χ2v) is 8.76. The summed E-state index contributed by atoms with van der Waals surface area (Å²) in [5.74, 6) is -5.72. The molecule has 14 heteroatoms. The van der Waals surface area contributed by atoms with Crippen molar-refractivity contribution in [3.63, 3.8) is 0 Å². The second-order valence-electron chi connectivity index (χ2n) is 7.71. The third-order valence-electron chi connectivity index (χ3n) is 5.33. The van der Waals surface area contributed by atoms with Crippen molar-refractivity contribution in [3.8, 4) is 34.2 Å². The molecule has 34 heavy (non-hydrogen) atoms. The first kappa shape index (κ1) is 23.4. The van der Waals surface area contributed by atoms with E-state index in [1.807, 2.05) is 12.1 Å². The molecule has 1 aliphatic rings. The van der Waals surface area contributed by atoms with Gasteiger partial charge in [0.1, 0.15) is 27.9 Å². The fourth-order valence-electron chi connectivity index (χ4n) is 3.36. The summed E-state index contributed by atoms with van der Waals surface area (Å²) in [4.78, 5) is 12.9. The van der Waals surface area contributed by atoms with Crippen molar-refractivity contribution in [2.24, 2.45) is 7.05 Å². The molecule has 3 aromatic rings. The Morgan fingerprint density at radius 1 is 1.26 bits per heavy atom. The molecule has 1 amide bonds. The molecule has 0 aromatic carbocycles. The molecule has 8 nitrogen and oxygen atoms in total. The summed E-state index contributed by atoms with van der Waals surface area (Å²) >= 11 is 0.895. The molecule has 0 saturated heterocycles. The van der Waals surface area contributed by atoms with Crippen molar-refractivity contribution in [3.05, 3.63) is 33.8 Å². The third kappa shape index (κ3) is 3.70. The lowest BCUT2D eigenvalue weighted by molar-refractivity contribution is -0.291. The summed E-state index contributed by atoms with van der Waals surface area (Å²) < 4.78 is 72.3. The fraction of sp³-hybridized carbons (Fsp3) is 0.350. The predicted molar refractivity (Wildman–Crippen MR) is 106 cm³/mol. The van der Waals surface area contributed by atoms with E-state index in [0.29, 0.717) is 17.7 Å². The van der Waals surface area contributed by atoms with Crippen LogP contribution in [0.2, 0.25) is 0 Å². The highest BCUT2D eigenvalue weighted by molar-refractivity contribution is 7.16. The van der Waals surface area contributed by atoms with Crippen LogP contribution in [0.4, 0.5) is 22.0 Å². The maximum absolute atomic E-state index is 13.9. The Balaban J connectivity index is 1.68. The van der Waals surface area contributed by atoms with Gasteiger partial charge in [-0.15, -0.1) is 11.3 Å². The number of nitriles is 2. The van der Waals surface area contributed by atoms with Crippen molar-refractivity contribution in [1.82, 2.24) is 20.3 Å². The number of aromatic nitrogens is 3. The normalized spacial score (nSPS) is 15.0. The molecule has 1 saturated carbocycles. The van der Waals surface area contributed by atoms with E-state index in [1.165, 1.54) is 19.2 Å². The number of aryl methyl sites for hydroxylation is 1. The Hall–Kier alpha value is -3.78. The lowest BCUT2D eigenvalue weighted by Crippen LogP contribution is -2.35. The summed E-state index contributed by atoms with van der Waals surface area (Å²) in [5.41, 5.74) is -2.99. The first-order valence-electron chi connectivity index (χ1n) is 9.57. The molecule has 0 spiro atoms. The second kappa shape index (κ2) is 7.63. The number of rotatable bonds is 5. The van der Waals surface area contributed by atoms with Crippen molar-refractivity contribution in [2.75, 3.05) is 0 Å². The number of carbonyl (C=O) groups excluding carboxylic acids is 1. The molecule has 1 aliphatic carbocycles. The lowest BCUT2D eigenvalue weighted by atomic mass is 10.1. The lowest BCUT2D eigenvalue weighted by Gasteiger charge is -2.17. The van der Waals surface area contributed by atoms with E-state index >= 15 is 0 Å². The van der Waals surface area contributed by atoms with Crippen LogP contribution in [-0.4, -0.2) is 32.6 Å². The van der Waals surface area contributed by atoms with Crippen LogP contribution < -0.4 is 5.32 Å². The molecule has 3 aromatic heterocycles. The molecule has 0 unspecified atom stereocenters. The minimum atomic E-state index is -5.83. The summed E-state index contributed by atoms with van der Waals surface area (Å²) in [6.45, 7) is 1.07. The molecule has 1 N–H and O–H groups in total. The minimum absolute atomic E-state index is 0.0193. The number of hydrogen-bond donors (Lipinski definition) is 1. The molecule has 0 atom stereocenters. The van der Waals surface area contributed by atoms with E-state index in [4.69, 9.17) is 9.78 Å². The molecule has 0 radical (unpaired) electrons. The zero-order valence-corrected chi connectivity index (χ0v) is 18.2. The van der Waals surface area contributed by atoms with Crippen molar-refractivity contribution >= 4 is 17.2 Å². The van der Waals surface area contributed by atoms with Crippen LogP contribution >= 0.6 is 11.3 Å². The molecule has 0 aliphatic heterocycles. The number of nitrogens with zero attached hydrogens (tertiary/aromatic N) is 5. The van der Waals surface area contributed by atoms with Crippen LogP contribution in [0.25, 0.3) is 22.0 Å². The number of thiophene rings is 1. The van der Waals surface area contributed by atoms with E-state index in [-0.39, 0.29) is 27.6 Å². The van der Waals surface area contributed by atoms with Gasteiger partial charge in [-0.2, -0.15) is 37.6 Å². The SMILES string of the molecule is Cc1c(C(F)(F)C(F)(F)F)nn(C)c1-c1cc(-c2cc(C(=O)NC3(C#N)CC3)c(C#N)s2)on1. The number of amides is 1. The van der Waals surface area contributed by atoms with Gasteiger partial charge in [-0.05, 0) is 25.8 Å². The number of nitrogens with one attached hydrogen (secondary N) is 1.